The molecule has 146 valence electrons. The maximum atomic E-state index is 6.09. The van der Waals surface area contributed by atoms with Crippen molar-refractivity contribution in [1.29, 1.82) is 0 Å². The average molecular weight is 370 g/mol. The fourth-order valence-electron chi connectivity index (χ4n) is 3.36. The Morgan fingerprint density at radius 2 is 1.70 bits per heavy atom. The van der Waals surface area contributed by atoms with E-state index in [4.69, 9.17) is 9.47 Å². The first-order chi connectivity index (χ1) is 13.2. The van der Waals surface area contributed by atoms with Crippen LogP contribution in [0.4, 0.5) is 5.69 Å². The fourth-order valence-corrected chi connectivity index (χ4v) is 3.36. The van der Waals surface area contributed by atoms with Gasteiger partial charge >= 0.3 is 0 Å². The Balaban J connectivity index is 1.54. The molecule has 5 heteroatoms. The van der Waals surface area contributed by atoms with Gasteiger partial charge in [-0.05, 0) is 43.3 Å². The highest BCUT2D eigenvalue weighted by Gasteiger charge is 2.13. The molecule has 0 amide bonds. The van der Waals surface area contributed by atoms with Crippen molar-refractivity contribution < 1.29 is 9.47 Å². The van der Waals surface area contributed by atoms with Gasteiger partial charge in [0.2, 0.25) is 0 Å². The molecule has 3 rings (SSSR count). The summed E-state index contributed by atoms with van der Waals surface area (Å²) < 4.78 is 11.5. The molecule has 5 nitrogen and oxygen atoms in total. The van der Waals surface area contributed by atoms with Crippen LogP contribution in [0.5, 0.6) is 11.5 Å². The first-order valence-corrected chi connectivity index (χ1v) is 9.66. The van der Waals surface area contributed by atoms with Gasteiger partial charge in [0, 0.05) is 39.3 Å². The number of hydrogen-bond acceptors (Lipinski definition) is 5. The first kappa shape index (κ1) is 19.5. The minimum Gasteiger partial charge on any atom is -0.496 e. The number of hydrogen-bond donors (Lipinski definition) is 1. The van der Waals surface area contributed by atoms with Gasteiger partial charge in [0.1, 0.15) is 18.1 Å². The largest absolute Gasteiger partial charge is 0.496 e. The quantitative estimate of drug-likeness (QED) is 0.773. The van der Waals surface area contributed by atoms with Crippen molar-refractivity contribution in [1.82, 2.24) is 9.80 Å². The highest BCUT2D eigenvalue weighted by atomic mass is 16.5. The van der Waals surface area contributed by atoms with Gasteiger partial charge in [-0.3, -0.25) is 4.90 Å². The van der Waals surface area contributed by atoms with Crippen LogP contribution in [0.25, 0.3) is 0 Å². The van der Waals surface area contributed by atoms with Crippen LogP contribution in [0.3, 0.4) is 0 Å². The summed E-state index contributed by atoms with van der Waals surface area (Å²) in [7, 11) is 3.89. The molecule has 0 radical (unpaired) electrons. The Bertz CT molecular complexity index is 727. The zero-order valence-corrected chi connectivity index (χ0v) is 16.7. The molecule has 0 saturated carbocycles. The van der Waals surface area contributed by atoms with Crippen molar-refractivity contribution in [3.63, 3.8) is 0 Å². The molecule has 1 fully saturated rings. The summed E-state index contributed by atoms with van der Waals surface area (Å²) in [6.45, 7) is 9.02. The van der Waals surface area contributed by atoms with Gasteiger partial charge in [0.05, 0.1) is 12.8 Å². The van der Waals surface area contributed by atoms with Crippen LogP contribution in [0, 0.1) is 6.92 Å². The maximum absolute atomic E-state index is 6.09. The molecule has 0 atom stereocenters. The summed E-state index contributed by atoms with van der Waals surface area (Å²) in [5.74, 6) is 1.83. The van der Waals surface area contributed by atoms with Gasteiger partial charge in [-0.15, -0.1) is 0 Å². The van der Waals surface area contributed by atoms with Gasteiger partial charge in [-0.1, -0.05) is 24.3 Å². The fraction of sp³-hybridized carbons (Fsp3) is 0.455. The second-order valence-corrected chi connectivity index (χ2v) is 7.09. The summed E-state index contributed by atoms with van der Waals surface area (Å²) in [4.78, 5) is 4.84. The van der Waals surface area contributed by atoms with E-state index >= 15 is 0 Å². The zero-order chi connectivity index (χ0) is 19.1. The smallest absolute Gasteiger partial charge is 0.142 e. The Hall–Kier alpha value is -2.24. The lowest BCUT2D eigenvalue weighted by Gasteiger charge is -2.32. The number of benzene rings is 2. The van der Waals surface area contributed by atoms with E-state index in [9.17, 15) is 0 Å². The lowest BCUT2D eigenvalue weighted by molar-refractivity contribution is 0.134. The standard InChI is InChI=1S/C22H31N3O2/c1-18-19(7-6-10-21(18)26-3)17-23-20-8-4-5-9-22(20)27-16-15-25-13-11-24(2)12-14-25/h4-10,23H,11-17H2,1-3H3. The third-order valence-corrected chi connectivity index (χ3v) is 5.23. The minimum absolute atomic E-state index is 0.709. The van der Waals surface area contributed by atoms with Crippen LogP contribution >= 0.6 is 0 Å². The SMILES string of the molecule is COc1cccc(CNc2ccccc2OCCN2CCN(C)CC2)c1C. The van der Waals surface area contributed by atoms with E-state index in [2.05, 4.69) is 41.2 Å². The van der Waals surface area contributed by atoms with Crippen molar-refractivity contribution in [3.8, 4) is 11.5 Å². The molecule has 2 aromatic rings. The number of nitrogens with one attached hydrogen (secondary N) is 1. The molecule has 0 aromatic heterocycles. The van der Waals surface area contributed by atoms with Crippen molar-refractivity contribution in [2.24, 2.45) is 0 Å². The van der Waals surface area contributed by atoms with Crippen molar-refractivity contribution in [3.05, 3.63) is 53.6 Å². The van der Waals surface area contributed by atoms with Crippen LogP contribution < -0.4 is 14.8 Å². The molecule has 1 heterocycles. The van der Waals surface area contributed by atoms with E-state index in [0.717, 1.165) is 56.5 Å². The lowest BCUT2D eigenvalue weighted by Crippen LogP contribution is -2.45. The zero-order valence-electron chi connectivity index (χ0n) is 16.7. The van der Waals surface area contributed by atoms with E-state index in [1.807, 2.05) is 30.3 Å². The second-order valence-electron chi connectivity index (χ2n) is 7.09. The molecule has 27 heavy (non-hydrogen) atoms. The minimum atomic E-state index is 0.709. The molecule has 0 bridgehead atoms. The van der Waals surface area contributed by atoms with Crippen LogP contribution in [0.15, 0.2) is 42.5 Å². The van der Waals surface area contributed by atoms with Crippen LogP contribution in [-0.4, -0.2) is 63.3 Å². The predicted octanol–water partition coefficient (Wildman–Crippen LogP) is 3.24. The molecular weight excluding hydrogens is 338 g/mol. The van der Waals surface area contributed by atoms with Crippen molar-refractivity contribution in [2.45, 2.75) is 13.5 Å². The number of nitrogens with zero attached hydrogens (tertiary/aromatic N) is 2. The maximum Gasteiger partial charge on any atom is 0.142 e. The Labute approximate surface area is 162 Å². The normalized spacial score (nSPS) is 15.5. The van der Waals surface area contributed by atoms with E-state index in [-0.39, 0.29) is 0 Å². The van der Waals surface area contributed by atoms with Crippen LogP contribution in [0.2, 0.25) is 0 Å². The highest BCUT2D eigenvalue weighted by Crippen LogP contribution is 2.26. The Kier molecular flexibility index (Phi) is 6.96. The van der Waals surface area contributed by atoms with E-state index in [1.54, 1.807) is 7.11 Å². The summed E-state index contributed by atoms with van der Waals surface area (Å²) in [5.41, 5.74) is 3.42. The highest BCUT2D eigenvalue weighted by molar-refractivity contribution is 5.56. The predicted molar refractivity (Wildman–Crippen MR) is 111 cm³/mol. The molecular formula is C22H31N3O2. The van der Waals surface area contributed by atoms with Gasteiger partial charge in [0.25, 0.3) is 0 Å². The summed E-state index contributed by atoms with van der Waals surface area (Å²) in [6, 6.07) is 14.3. The second kappa shape index (κ2) is 9.62. The molecule has 1 aliphatic heterocycles. The van der Waals surface area contributed by atoms with Crippen LogP contribution in [0.1, 0.15) is 11.1 Å². The average Bonchev–Trinajstić information content (AvgIpc) is 2.69. The topological polar surface area (TPSA) is 37.0 Å². The lowest BCUT2D eigenvalue weighted by atomic mass is 10.1. The molecule has 0 unspecified atom stereocenters. The molecule has 1 N–H and O–H groups in total. The van der Waals surface area contributed by atoms with Gasteiger partial charge in [-0.25, -0.2) is 0 Å². The summed E-state index contributed by atoms with van der Waals surface area (Å²) >= 11 is 0. The van der Waals surface area contributed by atoms with Crippen molar-refractivity contribution in [2.75, 3.05) is 58.8 Å². The van der Waals surface area contributed by atoms with Gasteiger partial charge in [0.15, 0.2) is 0 Å². The molecule has 1 aliphatic rings. The van der Waals surface area contributed by atoms with Gasteiger partial charge < -0.3 is 19.7 Å². The monoisotopic (exact) mass is 369 g/mol. The first-order valence-electron chi connectivity index (χ1n) is 9.66. The molecule has 0 spiro atoms. The number of para-hydroxylation sites is 2. The van der Waals surface area contributed by atoms with Crippen molar-refractivity contribution >= 4 is 5.69 Å². The number of likely N-dealkylation sites (N-methyl/N-ethyl adjacent to an activating group) is 1. The number of anilines is 1. The van der Waals surface area contributed by atoms with Crippen LogP contribution in [-0.2, 0) is 6.54 Å². The van der Waals surface area contributed by atoms with E-state index in [0.29, 0.717) is 6.61 Å². The summed E-state index contributed by atoms with van der Waals surface area (Å²) in [6.07, 6.45) is 0. The third-order valence-electron chi connectivity index (χ3n) is 5.23. The Morgan fingerprint density at radius 3 is 2.48 bits per heavy atom. The molecule has 0 aliphatic carbocycles. The summed E-state index contributed by atoms with van der Waals surface area (Å²) in [5, 5.41) is 3.52. The number of methoxy groups -OCH3 is 1. The molecule has 2 aromatic carbocycles. The number of piperazine rings is 1. The Morgan fingerprint density at radius 1 is 0.963 bits per heavy atom. The van der Waals surface area contributed by atoms with E-state index < -0.39 is 0 Å². The molecule has 1 saturated heterocycles. The number of rotatable bonds is 8. The van der Waals surface area contributed by atoms with Gasteiger partial charge in [-0.2, -0.15) is 0 Å². The number of ether oxygens (including phenoxy) is 2. The van der Waals surface area contributed by atoms with E-state index in [1.165, 1.54) is 11.1 Å². The third kappa shape index (κ3) is 5.37.